The van der Waals surface area contributed by atoms with Gasteiger partial charge in [-0.25, -0.2) is 4.79 Å². The number of carbonyl (C=O) groups excluding carboxylic acids is 1. The van der Waals surface area contributed by atoms with E-state index in [2.05, 4.69) is 0 Å². The van der Waals surface area contributed by atoms with E-state index >= 15 is 0 Å². The van der Waals surface area contributed by atoms with Crippen LogP contribution in [0, 0.1) is 0 Å². The zero-order chi connectivity index (χ0) is 20.5. The number of carbonyl (C=O) groups is 1. The summed E-state index contributed by atoms with van der Waals surface area (Å²) >= 11 is 0. The van der Waals surface area contributed by atoms with Crippen LogP contribution in [0.3, 0.4) is 0 Å². The van der Waals surface area contributed by atoms with Crippen molar-refractivity contribution in [1.29, 1.82) is 0 Å². The van der Waals surface area contributed by atoms with Crippen molar-refractivity contribution in [2.75, 3.05) is 13.7 Å². The van der Waals surface area contributed by atoms with E-state index in [0.29, 0.717) is 10.9 Å². The number of alkyl halides is 3. The predicted molar refractivity (Wildman–Crippen MR) is 95.1 cm³/mol. The Labute approximate surface area is 158 Å². The fourth-order valence-electron chi connectivity index (χ4n) is 2.89. The largest absolute Gasteiger partial charge is 0.493 e. The molecule has 0 saturated carbocycles. The second kappa shape index (κ2) is 7.55. The van der Waals surface area contributed by atoms with Crippen molar-refractivity contribution in [3.05, 3.63) is 53.1 Å². The highest BCUT2D eigenvalue weighted by Crippen LogP contribution is 2.40. The second-order valence-corrected chi connectivity index (χ2v) is 5.93. The molecule has 0 bridgehead atoms. The maximum Gasteiger partial charge on any atom is 0.416 e. The summed E-state index contributed by atoms with van der Waals surface area (Å²) in [5, 5.41) is 9.82. The smallest absolute Gasteiger partial charge is 0.416 e. The summed E-state index contributed by atoms with van der Waals surface area (Å²) < 4.78 is 54.7. The number of esters is 1. The van der Waals surface area contributed by atoms with Gasteiger partial charge in [0.15, 0.2) is 11.3 Å². The Balaban J connectivity index is 2.26. The third kappa shape index (κ3) is 3.55. The molecule has 0 fully saturated rings. The number of furan rings is 1. The van der Waals surface area contributed by atoms with Crippen LogP contribution in [0.15, 0.2) is 40.8 Å². The number of hydrogen-bond acceptors (Lipinski definition) is 5. The van der Waals surface area contributed by atoms with Crippen LogP contribution in [0.5, 0.6) is 5.75 Å². The monoisotopic (exact) mass is 394 g/mol. The van der Waals surface area contributed by atoms with Gasteiger partial charge < -0.3 is 19.0 Å². The minimum absolute atomic E-state index is 0.0604. The standard InChI is InChI=1S/C20H17F3O5/c1-3-27-19(25)16-14-8-11(10-24)9-15(26-2)18(14)28-17(16)12-4-6-13(7-5-12)20(21,22)23/h4-9,24H,3,10H2,1-2H3. The lowest BCUT2D eigenvalue weighted by molar-refractivity contribution is -0.137. The van der Waals surface area contributed by atoms with E-state index in [9.17, 15) is 23.1 Å². The van der Waals surface area contributed by atoms with Gasteiger partial charge in [-0.1, -0.05) is 12.1 Å². The number of ether oxygens (including phenoxy) is 2. The lowest BCUT2D eigenvalue weighted by Crippen LogP contribution is -2.06. The van der Waals surface area contributed by atoms with Crippen LogP contribution in [0.25, 0.3) is 22.3 Å². The molecule has 0 spiro atoms. The average molecular weight is 394 g/mol. The van der Waals surface area contributed by atoms with E-state index in [0.717, 1.165) is 12.1 Å². The molecule has 1 heterocycles. The van der Waals surface area contributed by atoms with Crippen molar-refractivity contribution in [2.45, 2.75) is 19.7 Å². The Hall–Kier alpha value is -3.00. The van der Waals surface area contributed by atoms with Crippen molar-refractivity contribution in [3.8, 4) is 17.1 Å². The molecule has 28 heavy (non-hydrogen) atoms. The Morgan fingerprint density at radius 1 is 1.18 bits per heavy atom. The molecule has 1 N–H and O–H groups in total. The molecule has 1 aromatic heterocycles. The minimum Gasteiger partial charge on any atom is -0.493 e. The van der Waals surface area contributed by atoms with E-state index in [1.54, 1.807) is 19.1 Å². The van der Waals surface area contributed by atoms with Crippen LogP contribution >= 0.6 is 0 Å². The Kier molecular flexibility index (Phi) is 5.33. The first-order chi connectivity index (χ1) is 13.3. The first-order valence-corrected chi connectivity index (χ1v) is 8.39. The maximum atomic E-state index is 12.8. The van der Waals surface area contributed by atoms with Gasteiger partial charge in [0, 0.05) is 10.9 Å². The third-order valence-electron chi connectivity index (χ3n) is 4.17. The molecule has 0 saturated heterocycles. The summed E-state index contributed by atoms with van der Waals surface area (Å²) in [5.74, 6) is -0.339. The number of halogens is 3. The molecule has 0 aliphatic carbocycles. The van der Waals surface area contributed by atoms with Crippen molar-refractivity contribution in [1.82, 2.24) is 0 Å². The molecule has 0 aliphatic rings. The van der Waals surface area contributed by atoms with Gasteiger partial charge in [0.1, 0.15) is 11.3 Å². The van der Waals surface area contributed by atoms with Gasteiger partial charge in [0.05, 0.1) is 25.9 Å². The van der Waals surface area contributed by atoms with E-state index in [-0.39, 0.29) is 41.4 Å². The fraction of sp³-hybridized carbons (Fsp3) is 0.250. The normalized spacial score (nSPS) is 11.6. The Bertz CT molecular complexity index is 1000. The number of hydrogen-bond donors (Lipinski definition) is 1. The van der Waals surface area contributed by atoms with Crippen LogP contribution in [-0.4, -0.2) is 24.8 Å². The van der Waals surface area contributed by atoms with Crippen molar-refractivity contribution in [2.24, 2.45) is 0 Å². The lowest BCUT2D eigenvalue weighted by Gasteiger charge is -2.07. The van der Waals surface area contributed by atoms with Gasteiger partial charge in [-0.2, -0.15) is 13.2 Å². The molecule has 0 amide bonds. The van der Waals surface area contributed by atoms with Gasteiger partial charge in [0.25, 0.3) is 0 Å². The summed E-state index contributed by atoms with van der Waals surface area (Å²) in [7, 11) is 1.40. The van der Waals surface area contributed by atoms with E-state index in [4.69, 9.17) is 13.9 Å². The number of aliphatic hydroxyl groups is 1. The zero-order valence-corrected chi connectivity index (χ0v) is 15.1. The highest BCUT2D eigenvalue weighted by molar-refractivity contribution is 6.10. The second-order valence-electron chi connectivity index (χ2n) is 5.93. The highest BCUT2D eigenvalue weighted by Gasteiger charge is 2.31. The number of methoxy groups -OCH3 is 1. The molecule has 148 valence electrons. The third-order valence-corrected chi connectivity index (χ3v) is 4.17. The van der Waals surface area contributed by atoms with Crippen molar-refractivity contribution >= 4 is 16.9 Å². The van der Waals surface area contributed by atoms with E-state index < -0.39 is 17.7 Å². The van der Waals surface area contributed by atoms with Gasteiger partial charge >= 0.3 is 12.1 Å². The molecular formula is C20H17F3O5. The van der Waals surface area contributed by atoms with Crippen molar-refractivity contribution < 1.29 is 37.0 Å². The molecule has 0 radical (unpaired) electrons. The Morgan fingerprint density at radius 2 is 1.86 bits per heavy atom. The maximum absolute atomic E-state index is 12.8. The van der Waals surface area contributed by atoms with Crippen LogP contribution in [0.4, 0.5) is 13.2 Å². The van der Waals surface area contributed by atoms with Crippen LogP contribution in [-0.2, 0) is 17.5 Å². The topological polar surface area (TPSA) is 68.9 Å². The number of benzene rings is 2. The van der Waals surface area contributed by atoms with Gasteiger partial charge in [-0.05, 0) is 36.8 Å². The summed E-state index contributed by atoms with van der Waals surface area (Å²) in [4.78, 5) is 12.6. The molecule has 8 heteroatoms. The molecule has 5 nitrogen and oxygen atoms in total. The number of aliphatic hydroxyl groups excluding tert-OH is 1. The van der Waals surface area contributed by atoms with E-state index in [1.165, 1.54) is 19.2 Å². The van der Waals surface area contributed by atoms with E-state index in [1.807, 2.05) is 0 Å². The fourth-order valence-corrected chi connectivity index (χ4v) is 2.89. The summed E-state index contributed by atoms with van der Waals surface area (Å²) in [6, 6.07) is 7.38. The lowest BCUT2D eigenvalue weighted by atomic mass is 10.0. The zero-order valence-electron chi connectivity index (χ0n) is 15.1. The molecular weight excluding hydrogens is 377 g/mol. The summed E-state index contributed by atoms with van der Waals surface area (Å²) in [6.07, 6.45) is -4.48. The van der Waals surface area contributed by atoms with Gasteiger partial charge in [0.2, 0.25) is 0 Å². The molecule has 2 aromatic carbocycles. The van der Waals surface area contributed by atoms with Gasteiger partial charge in [-0.3, -0.25) is 0 Å². The van der Waals surface area contributed by atoms with Crippen molar-refractivity contribution in [3.63, 3.8) is 0 Å². The average Bonchev–Trinajstić information content (AvgIpc) is 3.06. The number of fused-ring (bicyclic) bond motifs is 1. The molecule has 0 atom stereocenters. The van der Waals surface area contributed by atoms with Crippen LogP contribution < -0.4 is 4.74 Å². The van der Waals surface area contributed by atoms with Crippen LogP contribution in [0.2, 0.25) is 0 Å². The molecule has 3 rings (SSSR count). The molecule has 0 unspecified atom stereocenters. The first kappa shape index (κ1) is 19.8. The van der Waals surface area contributed by atoms with Crippen LogP contribution in [0.1, 0.15) is 28.4 Å². The predicted octanol–water partition coefficient (Wildman–Crippen LogP) is 4.80. The van der Waals surface area contributed by atoms with Gasteiger partial charge in [-0.15, -0.1) is 0 Å². The SMILES string of the molecule is CCOC(=O)c1c(-c2ccc(C(F)(F)F)cc2)oc2c(OC)cc(CO)cc12. The molecule has 0 aliphatic heterocycles. The summed E-state index contributed by atoms with van der Waals surface area (Å²) in [5.41, 5.74) is 0.238. The quantitative estimate of drug-likeness (QED) is 0.630. The first-order valence-electron chi connectivity index (χ1n) is 8.39. The highest BCUT2D eigenvalue weighted by atomic mass is 19.4. The molecule has 3 aromatic rings. The Morgan fingerprint density at radius 3 is 2.39 bits per heavy atom. The summed E-state index contributed by atoms with van der Waals surface area (Å²) in [6.45, 7) is 1.45. The minimum atomic E-state index is -4.48. The number of rotatable bonds is 5.